The number of fused-ring (bicyclic) bond motifs is 1. The van der Waals surface area contributed by atoms with Crippen LogP contribution >= 0.6 is 0 Å². The van der Waals surface area contributed by atoms with Crippen molar-refractivity contribution < 1.29 is 27.5 Å². The van der Waals surface area contributed by atoms with Crippen molar-refractivity contribution in [3.05, 3.63) is 95.3 Å². The minimum absolute atomic E-state index is 0.103. The number of likely N-dealkylation sites (N-methyl/N-ethyl adjacent to an activating group) is 1. The summed E-state index contributed by atoms with van der Waals surface area (Å²) in [7, 11) is 3.43. The van der Waals surface area contributed by atoms with E-state index in [-0.39, 0.29) is 11.5 Å². The number of hydrogen-bond acceptors (Lipinski definition) is 6. The van der Waals surface area contributed by atoms with E-state index in [1.54, 1.807) is 36.5 Å². The largest absolute Gasteiger partial charge is 0.497 e. The topological polar surface area (TPSA) is 102 Å². The fourth-order valence-electron chi connectivity index (χ4n) is 5.39. The zero-order chi connectivity index (χ0) is 31.7. The van der Waals surface area contributed by atoms with E-state index in [1.807, 2.05) is 36.2 Å². The van der Waals surface area contributed by atoms with E-state index in [2.05, 4.69) is 25.8 Å². The molecule has 3 aromatic carbocycles. The van der Waals surface area contributed by atoms with Gasteiger partial charge in [-0.25, -0.2) is 0 Å². The minimum Gasteiger partial charge on any atom is -0.497 e. The van der Waals surface area contributed by atoms with E-state index in [0.29, 0.717) is 65.9 Å². The molecule has 0 saturated carbocycles. The number of benzene rings is 3. The smallest absolute Gasteiger partial charge is 0.416 e. The van der Waals surface area contributed by atoms with Crippen LogP contribution in [0.2, 0.25) is 0 Å². The molecule has 12 heteroatoms. The summed E-state index contributed by atoms with van der Waals surface area (Å²) in [6, 6.07) is 17.6. The quantitative estimate of drug-likeness (QED) is 0.182. The summed E-state index contributed by atoms with van der Waals surface area (Å²) >= 11 is 0. The first-order chi connectivity index (χ1) is 21.6. The van der Waals surface area contributed by atoms with Crippen LogP contribution in [0.4, 0.5) is 41.6 Å². The van der Waals surface area contributed by atoms with E-state index >= 15 is 0 Å². The van der Waals surface area contributed by atoms with Crippen LogP contribution in [0, 0.1) is 0 Å². The molecule has 2 aliphatic rings. The van der Waals surface area contributed by atoms with Crippen molar-refractivity contribution in [1.29, 1.82) is 0 Å². The molecule has 232 valence electrons. The number of H-pyrrole nitrogens is 1. The molecule has 9 nitrogen and oxygen atoms in total. The van der Waals surface area contributed by atoms with Crippen molar-refractivity contribution in [3.63, 3.8) is 0 Å². The Morgan fingerprint density at radius 2 is 1.73 bits per heavy atom. The summed E-state index contributed by atoms with van der Waals surface area (Å²) in [6.07, 6.45) is -1.05. The second-order valence-corrected chi connectivity index (χ2v) is 11.0. The molecular weight excluding hydrogens is 585 g/mol. The molecule has 1 fully saturated rings. The van der Waals surface area contributed by atoms with Gasteiger partial charge >= 0.3 is 6.18 Å². The number of aromatic nitrogens is 1. The molecule has 0 aliphatic carbocycles. The summed E-state index contributed by atoms with van der Waals surface area (Å²) < 4.78 is 46.9. The number of carbonyl (C=O) groups excluding carboxylic acids is 2. The molecule has 0 unspecified atom stereocenters. The van der Waals surface area contributed by atoms with Gasteiger partial charge in [0.1, 0.15) is 5.75 Å². The van der Waals surface area contributed by atoms with Crippen molar-refractivity contribution in [2.75, 3.05) is 61.2 Å². The van der Waals surface area contributed by atoms with Gasteiger partial charge < -0.3 is 35.5 Å². The van der Waals surface area contributed by atoms with Gasteiger partial charge in [0.05, 0.1) is 23.9 Å². The fourth-order valence-corrected chi connectivity index (χ4v) is 5.39. The third-order valence-electron chi connectivity index (χ3n) is 7.79. The Bertz CT molecular complexity index is 1780. The van der Waals surface area contributed by atoms with Crippen molar-refractivity contribution in [3.8, 4) is 5.75 Å². The van der Waals surface area contributed by atoms with Gasteiger partial charge in [0.15, 0.2) is 0 Å². The highest BCUT2D eigenvalue weighted by atomic mass is 19.4. The predicted octanol–water partition coefficient (Wildman–Crippen LogP) is 6.28. The lowest BCUT2D eigenvalue weighted by atomic mass is 10.1. The van der Waals surface area contributed by atoms with Crippen LogP contribution in [0.5, 0.6) is 5.75 Å². The van der Waals surface area contributed by atoms with Gasteiger partial charge in [-0.1, -0.05) is 6.07 Å². The molecule has 45 heavy (non-hydrogen) atoms. The Morgan fingerprint density at radius 1 is 0.956 bits per heavy atom. The molecule has 2 aliphatic heterocycles. The number of amides is 2. The molecule has 3 heterocycles. The van der Waals surface area contributed by atoms with Crippen LogP contribution in [0.25, 0.3) is 11.6 Å². The van der Waals surface area contributed by atoms with Crippen LogP contribution in [-0.4, -0.2) is 62.0 Å². The Morgan fingerprint density at radius 3 is 2.44 bits per heavy atom. The number of rotatable bonds is 7. The van der Waals surface area contributed by atoms with E-state index in [4.69, 9.17) is 4.74 Å². The Hall–Kier alpha value is -5.23. The first-order valence-corrected chi connectivity index (χ1v) is 14.3. The number of carbonyl (C=O) groups is 2. The van der Waals surface area contributed by atoms with Gasteiger partial charge in [-0.15, -0.1) is 0 Å². The lowest BCUT2D eigenvalue weighted by molar-refractivity contribution is -0.137. The van der Waals surface area contributed by atoms with Crippen LogP contribution in [0.15, 0.2) is 72.9 Å². The number of alkyl halides is 3. The third kappa shape index (κ3) is 6.65. The SMILES string of the molecule is COc1cc(NC(=O)c2cc(N3CCN(C)CC3)cc(C(F)(F)F)c2)cc(Nc2ccc3c(c2)NC(=O)C3=Cc2ccc[nH]2)c1. The number of nitrogens with one attached hydrogen (secondary N) is 4. The monoisotopic (exact) mass is 616 g/mol. The second-order valence-electron chi connectivity index (χ2n) is 11.0. The van der Waals surface area contributed by atoms with Gasteiger partial charge in [0, 0.05) is 84.1 Å². The van der Waals surface area contributed by atoms with Crippen molar-refractivity contribution in [2.45, 2.75) is 6.18 Å². The maximum absolute atomic E-state index is 13.8. The molecule has 1 aromatic heterocycles. The number of ether oxygens (including phenoxy) is 1. The first kappa shape index (κ1) is 29.8. The third-order valence-corrected chi connectivity index (χ3v) is 7.79. The van der Waals surface area contributed by atoms with Crippen LogP contribution in [0.3, 0.4) is 0 Å². The average molecular weight is 617 g/mol. The lowest BCUT2D eigenvalue weighted by Gasteiger charge is -2.34. The van der Waals surface area contributed by atoms with Crippen LogP contribution < -0.4 is 25.6 Å². The van der Waals surface area contributed by atoms with Crippen molar-refractivity contribution in [2.24, 2.45) is 0 Å². The molecular formula is C33H31F3N6O3. The normalized spacial score (nSPS) is 16.0. The van der Waals surface area contributed by atoms with Crippen LogP contribution in [0.1, 0.15) is 27.2 Å². The zero-order valence-electron chi connectivity index (χ0n) is 24.6. The predicted molar refractivity (Wildman–Crippen MR) is 169 cm³/mol. The highest BCUT2D eigenvalue weighted by molar-refractivity contribution is 6.35. The molecule has 2 amide bonds. The average Bonchev–Trinajstić information content (AvgIpc) is 3.64. The number of nitrogens with zero attached hydrogens (tertiary/aromatic N) is 2. The number of piperazine rings is 1. The minimum atomic E-state index is -4.61. The van der Waals surface area contributed by atoms with Gasteiger partial charge in [-0.05, 0) is 61.7 Å². The van der Waals surface area contributed by atoms with Crippen molar-refractivity contribution >= 4 is 51.9 Å². The first-order valence-electron chi connectivity index (χ1n) is 14.3. The summed E-state index contributed by atoms with van der Waals surface area (Å²) in [6.45, 7) is 2.53. The summed E-state index contributed by atoms with van der Waals surface area (Å²) in [5.74, 6) is -0.478. The van der Waals surface area contributed by atoms with E-state index in [0.717, 1.165) is 23.4 Å². The summed E-state index contributed by atoms with van der Waals surface area (Å²) in [4.78, 5) is 33.0. The molecule has 1 saturated heterocycles. The molecule has 0 atom stereocenters. The van der Waals surface area contributed by atoms with Gasteiger partial charge in [-0.2, -0.15) is 13.2 Å². The maximum Gasteiger partial charge on any atom is 0.416 e. The highest BCUT2D eigenvalue weighted by Crippen LogP contribution is 2.37. The van der Waals surface area contributed by atoms with E-state index < -0.39 is 17.6 Å². The van der Waals surface area contributed by atoms with Gasteiger partial charge in [0.25, 0.3) is 11.8 Å². The Balaban J connectivity index is 1.24. The highest BCUT2D eigenvalue weighted by Gasteiger charge is 2.33. The molecule has 0 radical (unpaired) electrons. The second kappa shape index (κ2) is 12.0. The Kier molecular flexibility index (Phi) is 7.98. The van der Waals surface area contributed by atoms with E-state index in [9.17, 15) is 22.8 Å². The zero-order valence-corrected chi connectivity index (χ0v) is 24.6. The standard InChI is InChI=1S/C33H31F3N6O3/c1-41-8-10-42(11-9-41)26-13-20(12-21(14-26)33(34,35)36)31(43)39-25-15-24(16-27(17-25)45-2)38-23-5-6-28-29(18-22-4-3-7-37-22)32(44)40-30(28)19-23/h3-7,12-19,37-38H,8-11H2,1-2H3,(H,39,43)(H,40,44). The lowest BCUT2D eigenvalue weighted by Crippen LogP contribution is -2.44. The summed E-state index contributed by atoms with van der Waals surface area (Å²) in [5, 5.41) is 8.86. The molecule has 0 spiro atoms. The van der Waals surface area contributed by atoms with Gasteiger partial charge in [-0.3, -0.25) is 9.59 Å². The molecule has 4 aromatic rings. The van der Waals surface area contributed by atoms with E-state index in [1.165, 1.54) is 13.2 Å². The maximum atomic E-state index is 13.8. The Labute approximate surface area is 257 Å². The number of aromatic amines is 1. The number of halogens is 3. The molecule has 6 rings (SSSR count). The summed E-state index contributed by atoms with van der Waals surface area (Å²) in [5.41, 5.74) is 3.65. The molecule has 0 bridgehead atoms. The van der Waals surface area contributed by atoms with Crippen LogP contribution in [-0.2, 0) is 11.0 Å². The number of methoxy groups -OCH3 is 1. The number of anilines is 5. The number of hydrogen-bond donors (Lipinski definition) is 4. The fraction of sp³-hybridized carbons (Fsp3) is 0.212. The van der Waals surface area contributed by atoms with Gasteiger partial charge in [0.2, 0.25) is 0 Å². The van der Waals surface area contributed by atoms with Crippen molar-refractivity contribution in [1.82, 2.24) is 9.88 Å². The molecule has 4 N–H and O–H groups in total.